The first-order chi connectivity index (χ1) is 9.40. The highest BCUT2D eigenvalue weighted by Crippen LogP contribution is 2.33. The van der Waals surface area contributed by atoms with Crippen molar-refractivity contribution in [2.75, 3.05) is 39.8 Å². The van der Waals surface area contributed by atoms with Gasteiger partial charge in [0.25, 0.3) is 0 Å². The third-order valence-corrected chi connectivity index (χ3v) is 5.86. The third kappa shape index (κ3) is 3.75. The van der Waals surface area contributed by atoms with E-state index >= 15 is 0 Å². The number of piperidine rings is 1. The highest BCUT2D eigenvalue weighted by molar-refractivity contribution is 4.96. The number of nitrogens with zero attached hydrogens (tertiary/aromatic N) is 2. The van der Waals surface area contributed by atoms with Crippen LogP contribution in [0.25, 0.3) is 0 Å². The molecule has 2 atom stereocenters. The smallest absolute Gasteiger partial charge is 0.0278 e. The maximum absolute atomic E-state index is 3.78. The van der Waals surface area contributed by atoms with Gasteiger partial charge in [-0.2, -0.15) is 0 Å². The third-order valence-electron chi connectivity index (χ3n) is 5.86. The van der Waals surface area contributed by atoms with E-state index in [2.05, 4.69) is 49.9 Å². The van der Waals surface area contributed by atoms with Crippen LogP contribution < -0.4 is 5.32 Å². The molecule has 3 heteroatoms. The van der Waals surface area contributed by atoms with Crippen LogP contribution in [-0.2, 0) is 0 Å². The molecule has 0 aliphatic carbocycles. The summed E-state index contributed by atoms with van der Waals surface area (Å²) in [6.45, 7) is 15.8. The second kappa shape index (κ2) is 6.33. The lowest BCUT2D eigenvalue weighted by Gasteiger charge is -2.50. The minimum atomic E-state index is 0.313. The average Bonchev–Trinajstić information content (AvgIpc) is 2.43. The van der Waals surface area contributed by atoms with Crippen LogP contribution in [0.3, 0.4) is 0 Å². The van der Waals surface area contributed by atoms with Crippen molar-refractivity contribution in [3.63, 3.8) is 0 Å². The molecule has 0 aromatic rings. The summed E-state index contributed by atoms with van der Waals surface area (Å²) in [4.78, 5) is 5.28. The van der Waals surface area contributed by atoms with Crippen molar-refractivity contribution >= 4 is 0 Å². The summed E-state index contributed by atoms with van der Waals surface area (Å²) in [6, 6.07) is 0.728. The van der Waals surface area contributed by atoms with Crippen LogP contribution in [0.5, 0.6) is 0 Å². The Kier molecular flexibility index (Phi) is 5.14. The maximum Gasteiger partial charge on any atom is 0.0278 e. The summed E-state index contributed by atoms with van der Waals surface area (Å²) in [6.07, 6.45) is 5.20. The van der Waals surface area contributed by atoms with Crippen molar-refractivity contribution in [1.29, 1.82) is 0 Å². The van der Waals surface area contributed by atoms with Gasteiger partial charge in [-0.15, -0.1) is 0 Å². The molecule has 1 N–H and O–H groups in total. The highest BCUT2D eigenvalue weighted by Gasteiger charge is 2.38. The molecule has 2 unspecified atom stereocenters. The molecule has 0 radical (unpaired) electrons. The minimum absolute atomic E-state index is 0.313. The van der Waals surface area contributed by atoms with Gasteiger partial charge in [0.05, 0.1) is 0 Å². The van der Waals surface area contributed by atoms with Gasteiger partial charge in [0.2, 0.25) is 0 Å². The van der Waals surface area contributed by atoms with E-state index in [0.29, 0.717) is 11.0 Å². The van der Waals surface area contributed by atoms with Gasteiger partial charge in [-0.05, 0) is 58.2 Å². The summed E-state index contributed by atoms with van der Waals surface area (Å²) in [5.41, 5.74) is 0.833. The Balaban J connectivity index is 2.00. The molecule has 0 spiro atoms. The largest absolute Gasteiger partial charge is 0.309 e. The van der Waals surface area contributed by atoms with Gasteiger partial charge in [0.15, 0.2) is 0 Å². The lowest BCUT2D eigenvalue weighted by Crippen LogP contribution is -2.64. The lowest BCUT2D eigenvalue weighted by molar-refractivity contribution is 0.0209. The minimum Gasteiger partial charge on any atom is -0.309 e. The van der Waals surface area contributed by atoms with E-state index in [-0.39, 0.29) is 0 Å². The number of hydrogen-bond donors (Lipinski definition) is 1. The molecule has 0 amide bonds. The summed E-state index contributed by atoms with van der Waals surface area (Å²) in [5.74, 6) is 0. The van der Waals surface area contributed by atoms with E-state index in [1.807, 2.05) is 0 Å². The molecular formula is C17H35N3. The second-order valence-corrected chi connectivity index (χ2v) is 7.88. The van der Waals surface area contributed by atoms with E-state index in [1.54, 1.807) is 0 Å². The number of likely N-dealkylation sites (tertiary alicyclic amines) is 1. The number of piperazine rings is 1. The second-order valence-electron chi connectivity index (χ2n) is 7.88. The molecule has 20 heavy (non-hydrogen) atoms. The Labute approximate surface area is 126 Å². The fraction of sp³-hybridized carbons (Fsp3) is 1.00. The van der Waals surface area contributed by atoms with Crippen molar-refractivity contribution in [3.05, 3.63) is 0 Å². The molecule has 2 heterocycles. The van der Waals surface area contributed by atoms with E-state index in [4.69, 9.17) is 0 Å². The fourth-order valence-electron chi connectivity index (χ4n) is 3.76. The monoisotopic (exact) mass is 281 g/mol. The summed E-state index contributed by atoms with van der Waals surface area (Å²) in [7, 11) is 2.26. The Bertz CT molecular complexity index is 309. The SMILES string of the molecule is CCC1CNC(C)(CC)CN1CC1(C)CCN(C)CC1. The van der Waals surface area contributed by atoms with Crippen LogP contribution >= 0.6 is 0 Å². The molecule has 2 fully saturated rings. The van der Waals surface area contributed by atoms with Crippen molar-refractivity contribution in [3.8, 4) is 0 Å². The molecule has 2 aliphatic rings. The molecule has 118 valence electrons. The van der Waals surface area contributed by atoms with Gasteiger partial charge in [0.1, 0.15) is 0 Å². The van der Waals surface area contributed by atoms with E-state index < -0.39 is 0 Å². The van der Waals surface area contributed by atoms with Crippen LogP contribution in [0.15, 0.2) is 0 Å². The summed E-state index contributed by atoms with van der Waals surface area (Å²) >= 11 is 0. The fourth-order valence-corrected chi connectivity index (χ4v) is 3.76. The maximum atomic E-state index is 3.78. The molecule has 0 bridgehead atoms. The first-order valence-electron chi connectivity index (χ1n) is 8.57. The molecule has 0 saturated carbocycles. The zero-order valence-corrected chi connectivity index (χ0v) is 14.3. The molecule has 0 aromatic heterocycles. The van der Waals surface area contributed by atoms with E-state index in [0.717, 1.165) is 12.6 Å². The van der Waals surface area contributed by atoms with Crippen LogP contribution in [0.1, 0.15) is 53.4 Å². The van der Waals surface area contributed by atoms with E-state index in [9.17, 15) is 0 Å². The molecular weight excluding hydrogens is 246 g/mol. The Morgan fingerprint density at radius 1 is 1.15 bits per heavy atom. The van der Waals surface area contributed by atoms with Gasteiger partial charge >= 0.3 is 0 Å². The van der Waals surface area contributed by atoms with Crippen LogP contribution in [0.4, 0.5) is 0 Å². The van der Waals surface area contributed by atoms with Crippen molar-refractivity contribution < 1.29 is 0 Å². The quantitative estimate of drug-likeness (QED) is 0.854. The Hall–Kier alpha value is -0.120. The van der Waals surface area contributed by atoms with Gasteiger partial charge in [-0.3, -0.25) is 4.90 Å². The average molecular weight is 281 g/mol. The zero-order chi connectivity index (χ0) is 14.8. The van der Waals surface area contributed by atoms with Crippen molar-refractivity contribution in [2.45, 2.75) is 65.0 Å². The molecule has 2 saturated heterocycles. The predicted octanol–water partition coefficient (Wildman–Crippen LogP) is 2.57. The van der Waals surface area contributed by atoms with Gasteiger partial charge < -0.3 is 10.2 Å². The topological polar surface area (TPSA) is 18.5 Å². The zero-order valence-electron chi connectivity index (χ0n) is 14.3. The molecule has 0 aromatic carbocycles. The van der Waals surface area contributed by atoms with Crippen molar-refractivity contribution in [1.82, 2.24) is 15.1 Å². The number of nitrogens with one attached hydrogen (secondary N) is 1. The van der Waals surface area contributed by atoms with E-state index in [1.165, 1.54) is 51.9 Å². The predicted molar refractivity (Wildman–Crippen MR) is 87.2 cm³/mol. The molecule has 2 rings (SSSR count). The lowest BCUT2D eigenvalue weighted by atomic mass is 9.78. The van der Waals surface area contributed by atoms with Crippen molar-refractivity contribution in [2.24, 2.45) is 5.41 Å². The molecule has 3 nitrogen and oxygen atoms in total. The van der Waals surface area contributed by atoms with Crippen LogP contribution in [-0.4, -0.2) is 61.2 Å². The Morgan fingerprint density at radius 2 is 1.80 bits per heavy atom. The van der Waals surface area contributed by atoms with Gasteiger partial charge in [-0.1, -0.05) is 20.8 Å². The highest BCUT2D eigenvalue weighted by atomic mass is 15.3. The normalized spacial score (nSPS) is 36.1. The Morgan fingerprint density at radius 3 is 2.35 bits per heavy atom. The van der Waals surface area contributed by atoms with Crippen LogP contribution in [0.2, 0.25) is 0 Å². The summed E-state index contributed by atoms with van der Waals surface area (Å²) in [5, 5.41) is 3.78. The van der Waals surface area contributed by atoms with Gasteiger partial charge in [0, 0.05) is 31.2 Å². The number of hydrogen-bond acceptors (Lipinski definition) is 3. The first-order valence-corrected chi connectivity index (χ1v) is 8.57. The molecule has 2 aliphatic heterocycles. The summed E-state index contributed by atoms with van der Waals surface area (Å²) < 4.78 is 0. The standard InChI is InChI=1S/C17H35N3/c1-6-15-12-18-17(4,7-2)14-20(15)13-16(3)8-10-19(5)11-9-16/h15,18H,6-14H2,1-5H3. The van der Waals surface area contributed by atoms with Gasteiger partial charge in [-0.25, -0.2) is 0 Å². The van der Waals surface area contributed by atoms with Crippen LogP contribution in [0, 0.1) is 5.41 Å². The first kappa shape index (κ1) is 16.3. The number of rotatable bonds is 4.